The number of aromatic nitrogens is 1. The number of guanidine groups is 1. The van der Waals surface area contributed by atoms with Crippen molar-refractivity contribution in [2.75, 3.05) is 27.2 Å². The van der Waals surface area contributed by atoms with E-state index in [2.05, 4.69) is 15.6 Å². The minimum absolute atomic E-state index is 0. The molecule has 174 valence electrons. The number of pyridine rings is 1. The minimum Gasteiger partial charge on any atom is -0.474 e. The molecular formula is C23H38IN5O2. The van der Waals surface area contributed by atoms with Crippen LogP contribution >= 0.6 is 24.0 Å². The molecule has 2 saturated carbocycles. The van der Waals surface area contributed by atoms with Gasteiger partial charge >= 0.3 is 0 Å². The van der Waals surface area contributed by atoms with Gasteiger partial charge in [-0.15, -0.1) is 24.0 Å². The van der Waals surface area contributed by atoms with Crippen molar-refractivity contribution in [2.45, 2.75) is 70.9 Å². The third kappa shape index (κ3) is 7.22. The van der Waals surface area contributed by atoms with Crippen LogP contribution < -0.4 is 15.4 Å². The Morgan fingerprint density at radius 1 is 1.19 bits per heavy atom. The molecule has 2 aliphatic rings. The summed E-state index contributed by atoms with van der Waals surface area (Å²) >= 11 is 0. The first-order chi connectivity index (χ1) is 14.5. The fraction of sp³-hybridized carbons (Fsp3) is 0.696. The average molecular weight is 543 g/mol. The summed E-state index contributed by atoms with van der Waals surface area (Å²) < 4.78 is 5.94. The molecule has 2 fully saturated rings. The van der Waals surface area contributed by atoms with Crippen LogP contribution in [-0.4, -0.2) is 55.0 Å². The van der Waals surface area contributed by atoms with Crippen LogP contribution in [0.2, 0.25) is 0 Å². The average Bonchev–Trinajstić information content (AvgIpc) is 3.43. The van der Waals surface area contributed by atoms with Gasteiger partial charge in [0.2, 0.25) is 11.8 Å². The summed E-state index contributed by atoms with van der Waals surface area (Å²) in [6.45, 7) is 3.96. The number of nitrogens with zero attached hydrogens (tertiary/aromatic N) is 3. The SMILES string of the molecule is CCNC(=NCc1ccc(OC2CCCC2)nc1)NCC1(C(=O)N(C)C)CCCC1.I. The van der Waals surface area contributed by atoms with Crippen LogP contribution in [0.3, 0.4) is 0 Å². The molecule has 1 aromatic heterocycles. The number of rotatable bonds is 8. The lowest BCUT2D eigenvalue weighted by Crippen LogP contribution is -2.49. The number of amides is 1. The number of hydrogen-bond acceptors (Lipinski definition) is 4. The molecule has 0 saturated heterocycles. The van der Waals surface area contributed by atoms with Crippen molar-refractivity contribution in [3.05, 3.63) is 23.9 Å². The maximum atomic E-state index is 12.8. The van der Waals surface area contributed by atoms with Crippen LogP contribution in [0, 0.1) is 5.41 Å². The quantitative estimate of drug-likeness (QED) is 0.297. The Morgan fingerprint density at radius 3 is 2.48 bits per heavy atom. The van der Waals surface area contributed by atoms with E-state index in [9.17, 15) is 4.79 Å². The number of ether oxygens (including phenoxy) is 1. The molecule has 31 heavy (non-hydrogen) atoms. The van der Waals surface area contributed by atoms with Crippen LogP contribution in [0.5, 0.6) is 5.88 Å². The largest absolute Gasteiger partial charge is 0.474 e. The topological polar surface area (TPSA) is 78.9 Å². The highest BCUT2D eigenvalue weighted by Crippen LogP contribution is 2.38. The van der Waals surface area contributed by atoms with E-state index in [0.29, 0.717) is 25.1 Å². The normalized spacial score (nSPS) is 18.4. The van der Waals surface area contributed by atoms with Gasteiger partial charge in [-0.3, -0.25) is 4.79 Å². The number of nitrogens with one attached hydrogen (secondary N) is 2. The Labute approximate surface area is 203 Å². The van der Waals surface area contributed by atoms with Gasteiger partial charge in [-0.25, -0.2) is 9.98 Å². The summed E-state index contributed by atoms with van der Waals surface area (Å²) in [6, 6.07) is 3.96. The summed E-state index contributed by atoms with van der Waals surface area (Å²) in [6.07, 6.45) is 11.0. The molecule has 1 heterocycles. The van der Waals surface area contributed by atoms with E-state index in [-0.39, 0.29) is 35.3 Å². The van der Waals surface area contributed by atoms with E-state index in [0.717, 1.165) is 56.6 Å². The number of carbonyl (C=O) groups is 1. The first-order valence-electron chi connectivity index (χ1n) is 11.4. The Balaban J connectivity index is 0.00000341. The summed E-state index contributed by atoms with van der Waals surface area (Å²) in [5.74, 6) is 1.65. The lowest BCUT2D eigenvalue weighted by Gasteiger charge is -2.31. The Bertz CT molecular complexity index is 711. The predicted octanol–water partition coefficient (Wildman–Crippen LogP) is 3.72. The molecule has 0 bridgehead atoms. The van der Waals surface area contributed by atoms with E-state index in [1.54, 1.807) is 4.90 Å². The minimum atomic E-state index is -0.319. The van der Waals surface area contributed by atoms with Gasteiger partial charge in [-0.1, -0.05) is 18.9 Å². The second-order valence-electron chi connectivity index (χ2n) is 8.76. The number of carbonyl (C=O) groups excluding carboxylic acids is 1. The first-order valence-corrected chi connectivity index (χ1v) is 11.4. The third-order valence-corrected chi connectivity index (χ3v) is 6.17. The second-order valence-corrected chi connectivity index (χ2v) is 8.76. The smallest absolute Gasteiger partial charge is 0.230 e. The maximum absolute atomic E-state index is 12.8. The van der Waals surface area contributed by atoms with Crippen LogP contribution in [0.25, 0.3) is 0 Å². The third-order valence-electron chi connectivity index (χ3n) is 6.17. The number of aliphatic imine (C=N–C) groups is 1. The Morgan fingerprint density at radius 2 is 1.90 bits per heavy atom. The lowest BCUT2D eigenvalue weighted by atomic mass is 9.84. The van der Waals surface area contributed by atoms with Crippen molar-refractivity contribution in [2.24, 2.45) is 10.4 Å². The lowest BCUT2D eigenvalue weighted by molar-refractivity contribution is -0.138. The summed E-state index contributed by atoms with van der Waals surface area (Å²) in [5.41, 5.74) is 0.714. The van der Waals surface area contributed by atoms with Gasteiger partial charge in [0, 0.05) is 39.4 Å². The van der Waals surface area contributed by atoms with Crippen molar-refractivity contribution in [3.63, 3.8) is 0 Å². The number of halogens is 1. The Hall–Kier alpha value is -1.58. The van der Waals surface area contributed by atoms with E-state index in [1.807, 2.05) is 39.3 Å². The fourth-order valence-corrected chi connectivity index (χ4v) is 4.51. The molecular weight excluding hydrogens is 505 g/mol. The van der Waals surface area contributed by atoms with Gasteiger partial charge in [0.1, 0.15) is 6.10 Å². The monoisotopic (exact) mass is 543 g/mol. The van der Waals surface area contributed by atoms with Crippen molar-refractivity contribution >= 4 is 35.8 Å². The number of hydrogen-bond donors (Lipinski definition) is 2. The summed E-state index contributed by atoms with van der Waals surface area (Å²) in [7, 11) is 3.68. The molecule has 7 nitrogen and oxygen atoms in total. The van der Waals surface area contributed by atoms with E-state index >= 15 is 0 Å². The van der Waals surface area contributed by atoms with Gasteiger partial charge in [-0.2, -0.15) is 0 Å². The zero-order valence-corrected chi connectivity index (χ0v) is 21.5. The molecule has 2 N–H and O–H groups in total. The van der Waals surface area contributed by atoms with Crippen LogP contribution in [-0.2, 0) is 11.3 Å². The molecule has 1 amide bonds. The van der Waals surface area contributed by atoms with Gasteiger partial charge < -0.3 is 20.3 Å². The van der Waals surface area contributed by atoms with Crippen LogP contribution in [0.1, 0.15) is 63.9 Å². The van der Waals surface area contributed by atoms with Gasteiger partial charge in [0.15, 0.2) is 5.96 Å². The van der Waals surface area contributed by atoms with E-state index < -0.39 is 0 Å². The molecule has 3 rings (SSSR count). The highest BCUT2D eigenvalue weighted by atomic mass is 127. The first kappa shape index (κ1) is 25.7. The molecule has 1 aromatic rings. The standard InChI is InChI=1S/C23H37N5O2.HI/c1-4-24-22(27-17-23(13-7-8-14-23)21(29)28(2)3)26-16-18-11-12-20(25-15-18)30-19-9-5-6-10-19;/h11-12,15,19H,4-10,13-14,16-17H2,1-3H3,(H2,24,26,27);1H. The van der Waals surface area contributed by atoms with Gasteiger partial charge in [-0.05, 0) is 51.0 Å². The second kappa shape index (κ2) is 12.5. The zero-order chi connectivity index (χ0) is 21.4. The van der Waals surface area contributed by atoms with Crippen LogP contribution in [0.4, 0.5) is 0 Å². The van der Waals surface area contributed by atoms with Crippen molar-refractivity contribution in [1.29, 1.82) is 0 Å². The van der Waals surface area contributed by atoms with Gasteiger partial charge in [0.25, 0.3) is 0 Å². The molecule has 8 heteroatoms. The van der Waals surface area contributed by atoms with Crippen LogP contribution in [0.15, 0.2) is 23.3 Å². The Kier molecular flexibility index (Phi) is 10.3. The maximum Gasteiger partial charge on any atom is 0.230 e. The molecule has 0 spiro atoms. The predicted molar refractivity (Wildman–Crippen MR) is 135 cm³/mol. The van der Waals surface area contributed by atoms with Crippen molar-refractivity contribution < 1.29 is 9.53 Å². The molecule has 0 aromatic carbocycles. The highest BCUT2D eigenvalue weighted by Gasteiger charge is 2.42. The molecule has 2 aliphatic carbocycles. The fourth-order valence-electron chi connectivity index (χ4n) is 4.51. The molecule has 0 atom stereocenters. The van der Waals surface area contributed by atoms with Crippen molar-refractivity contribution in [1.82, 2.24) is 20.5 Å². The van der Waals surface area contributed by atoms with E-state index in [4.69, 9.17) is 9.73 Å². The van der Waals surface area contributed by atoms with Gasteiger partial charge in [0.05, 0.1) is 12.0 Å². The molecule has 0 aliphatic heterocycles. The molecule has 0 radical (unpaired) electrons. The molecule has 0 unspecified atom stereocenters. The summed E-state index contributed by atoms with van der Waals surface area (Å²) in [5, 5.41) is 6.71. The highest BCUT2D eigenvalue weighted by molar-refractivity contribution is 14.0. The van der Waals surface area contributed by atoms with Crippen molar-refractivity contribution in [3.8, 4) is 5.88 Å². The summed E-state index contributed by atoms with van der Waals surface area (Å²) in [4.78, 5) is 23.6. The zero-order valence-electron chi connectivity index (χ0n) is 19.2. The van der Waals surface area contributed by atoms with E-state index in [1.165, 1.54) is 12.8 Å².